The molecule has 236 valence electrons. The molecule has 2 aromatic carbocycles. The van der Waals surface area contributed by atoms with E-state index in [1.165, 1.54) is 0 Å². The molecule has 10 heteroatoms. The lowest BCUT2D eigenvalue weighted by Gasteiger charge is -2.41. The zero-order chi connectivity index (χ0) is 31.0. The fourth-order valence-corrected chi connectivity index (χ4v) is 7.89. The number of nitrogens with zero attached hydrogens (tertiary/aromatic N) is 5. The molecule has 2 aromatic heterocycles. The number of piperidine rings is 1. The zero-order valence-electron chi connectivity index (χ0n) is 26.1. The highest BCUT2D eigenvalue weighted by Crippen LogP contribution is 2.40. The lowest BCUT2D eigenvalue weighted by Crippen LogP contribution is -2.55. The number of rotatable bonds is 10. The predicted molar refractivity (Wildman–Crippen MR) is 173 cm³/mol. The lowest BCUT2D eigenvalue weighted by molar-refractivity contribution is -0.111. The van der Waals surface area contributed by atoms with E-state index in [9.17, 15) is 4.79 Å². The zero-order valence-corrected chi connectivity index (χ0v) is 26.1. The third-order valence-electron chi connectivity index (χ3n) is 10.1. The predicted octanol–water partition coefficient (Wildman–Crippen LogP) is 5.29. The van der Waals surface area contributed by atoms with E-state index in [-0.39, 0.29) is 22.8 Å². The van der Waals surface area contributed by atoms with Crippen LogP contribution in [0.3, 0.4) is 0 Å². The second-order valence-corrected chi connectivity index (χ2v) is 13.1. The van der Waals surface area contributed by atoms with Crippen LogP contribution in [0.2, 0.25) is 0 Å². The second kappa shape index (κ2) is 12.1. The van der Waals surface area contributed by atoms with Crippen LogP contribution in [0.15, 0.2) is 42.6 Å². The molecule has 3 fully saturated rings. The number of pyridine rings is 1. The van der Waals surface area contributed by atoms with E-state index in [1.54, 1.807) is 13.3 Å². The maximum atomic E-state index is 16.9. The summed E-state index contributed by atoms with van der Waals surface area (Å²) in [5.74, 6) is 0.0832. The van der Waals surface area contributed by atoms with Gasteiger partial charge in [0.25, 0.3) is 0 Å². The van der Waals surface area contributed by atoms with E-state index >= 15 is 4.39 Å². The molecule has 3 saturated heterocycles. The summed E-state index contributed by atoms with van der Waals surface area (Å²) in [7, 11) is 1.68. The minimum absolute atomic E-state index is 0.000432. The topological polar surface area (TPSA) is 92.7 Å². The number of carbonyl (C=O) groups is 1. The van der Waals surface area contributed by atoms with Crippen molar-refractivity contribution in [3.05, 3.63) is 54.0 Å². The van der Waals surface area contributed by atoms with E-state index in [2.05, 4.69) is 21.2 Å². The summed E-state index contributed by atoms with van der Waals surface area (Å²) < 4.78 is 28.7. The Balaban J connectivity index is 1.35. The summed E-state index contributed by atoms with van der Waals surface area (Å²) in [6, 6.07) is 12.2. The van der Waals surface area contributed by atoms with Gasteiger partial charge in [-0.05, 0) is 81.3 Å². The normalized spacial score (nSPS) is 21.4. The van der Waals surface area contributed by atoms with Crippen LogP contribution in [-0.2, 0) is 16.0 Å². The van der Waals surface area contributed by atoms with Gasteiger partial charge in [-0.15, -0.1) is 0 Å². The van der Waals surface area contributed by atoms with Gasteiger partial charge in [-0.3, -0.25) is 14.7 Å². The van der Waals surface area contributed by atoms with E-state index in [0.29, 0.717) is 42.9 Å². The first-order chi connectivity index (χ1) is 21.9. The Morgan fingerprint density at radius 2 is 1.82 bits per heavy atom. The molecule has 9 nitrogen and oxygen atoms in total. The van der Waals surface area contributed by atoms with Gasteiger partial charge in [0, 0.05) is 32.0 Å². The smallest absolute Gasteiger partial charge is 0.319 e. The van der Waals surface area contributed by atoms with Gasteiger partial charge in [0.2, 0.25) is 6.41 Å². The fourth-order valence-electron chi connectivity index (χ4n) is 7.89. The molecule has 3 aliphatic heterocycles. The summed E-state index contributed by atoms with van der Waals surface area (Å²) in [5.41, 5.74) is 1.79. The van der Waals surface area contributed by atoms with Crippen molar-refractivity contribution in [2.24, 2.45) is 0 Å². The SMILES string of the molecule is COCCc1cccc2cccc(-c3ncc4c(N5CCCC(C)(NC=O)C5)nc(OCC56CCCN5CCC6)nc4c3F)c12. The summed E-state index contributed by atoms with van der Waals surface area (Å²) in [5, 5.41) is 5.49. The van der Waals surface area contributed by atoms with Crippen molar-refractivity contribution in [2.75, 3.05) is 51.4 Å². The van der Waals surface area contributed by atoms with Crippen LogP contribution >= 0.6 is 0 Å². The molecule has 1 atom stereocenters. The standard InChI is InChI=1S/C35H41FN6O3/c1-34(38-23-43)13-5-16-41(21-34)32-27-20-37-30(26-11-4-10-24-8-3-9-25(28(24)26)12-19-44-2)29(36)31(27)39-33(40-32)45-22-35-14-6-17-42(35)18-7-15-35/h3-4,8-11,20,23H,5-7,12-19,21-22H2,1-2H3,(H,38,43). The highest BCUT2D eigenvalue weighted by molar-refractivity contribution is 6.00. The molecule has 0 bridgehead atoms. The Labute approximate surface area is 263 Å². The Morgan fingerprint density at radius 3 is 2.60 bits per heavy atom. The summed E-state index contributed by atoms with van der Waals surface area (Å²) in [4.78, 5) is 30.4. The van der Waals surface area contributed by atoms with Crippen molar-refractivity contribution in [1.29, 1.82) is 0 Å². The molecule has 1 N–H and O–H groups in total. The molecule has 3 aliphatic rings. The number of benzene rings is 2. The molecule has 0 saturated carbocycles. The molecule has 0 radical (unpaired) electrons. The number of methoxy groups -OCH3 is 1. The van der Waals surface area contributed by atoms with Crippen molar-refractivity contribution >= 4 is 33.9 Å². The van der Waals surface area contributed by atoms with E-state index in [4.69, 9.17) is 24.4 Å². The first kappa shape index (κ1) is 29.8. The Morgan fingerprint density at radius 1 is 1.04 bits per heavy atom. The van der Waals surface area contributed by atoms with Gasteiger partial charge in [-0.25, -0.2) is 4.39 Å². The number of anilines is 1. The van der Waals surface area contributed by atoms with E-state index in [1.807, 2.05) is 37.3 Å². The molecular formula is C35H41FN6O3. The quantitative estimate of drug-likeness (QED) is 0.242. The van der Waals surface area contributed by atoms with Crippen LogP contribution in [-0.4, -0.2) is 83.8 Å². The minimum atomic E-state index is -0.498. The van der Waals surface area contributed by atoms with Gasteiger partial charge in [-0.1, -0.05) is 36.4 Å². The van der Waals surface area contributed by atoms with Gasteiger partial charge in [0.05, 0.1) is 23.1 Å². The Hall–Kier alpha value is -3.89. The summed E-state index contributed by atoms with van der Waals surface area (Å²) >= 11 is 0. The van der Waals surface area contributed by atoms with Crippen molar-refractivity contribution in [3.8, 4) is 17.3 Å². The van der Waals surface area contributed by atoms with Crippen molar-refractivity contribution in [3.63, 3.8) is 0 Å². The number of aromatic nitrogens is 3. The average Bonchev–Trinajstić information content (AvgIpc) is 3.63. The third-order valence-corrected chi connectivity index (χ3v) is 10.1. The first-order valence-electron chi connectivity index (χ1n) is 16.1. The fraction of sp³-hybridized carbons (Fsp3) is 0.486. The highest BCUT2D eigenvalue weighted by Gasteiger charge is 2.45. The van der Waals surface area contributed by atoms with Crippen LogP contribution in [0.4, 0.5) is 10.2 Å². The second-order valence-electron chi connectivity index (χ2n) is 13.1. The number of carbonyl (C=O) groups excluding carboxylic acids is 1. The Bertz CT molecular complexity index is 1720. The van der Waals surface area contributed by atoms with Gasteiger partial charge < -0.3 is 19.7 Å². The van der Waals surface area contributed by atoms with E-state index < -0.39 is 11.4 Å². The number of hydrogen-bond acceptors (Lipinski definition) is 8. The number of fused-ring (bicyclic) bond motifs is 3. The molecule has 1 unspecified atom stereocenters. The molecule has 45 heavy (non-hydrogen) atoms. The Kier molecular flexibility index (Phi) is 8.03. The van der Waals surface area contributed by atoms with E-state index in [0.717, 1.165) is 80.9 Å². The lowest BCUT2D eigenvalue weighted by atomic mass is 9.91. The number of ether oxygens (including phenoxy) is 2. The maximum absolute atomic E-state index is 16.9. The molecule has 5 heterocycles. The molecule has 7 rings (SSSR count). The third kappa shape index (κ3) is 5.48. The molecule has 0 aliphatic carbocycles. The summed E-state index contributed by atoms with van der Waals surface area (Å²) in [6.45, 7) is 6.49. The van der Waals surface area contributed by atoms with Crippen LogP contribution in [0.25, 0.3) is 32.9 Å². The van der Waals surface area contributed by atoms with Crippen LogP contribution in [0.1, 0.15) is 51.0 Å². The monoisotopic (exact) mass is 612 g/mol. The number of nitrogens with one attached hydrogen (secondary N) is 1. The molecule has 4 aromatic rings. The first-order valence-corrected chi connectivity index (χ1v) is 16.1. The van der Waals surface area contributed by atoms with Gasteiger partial charge in [0.1, 0.15) is 23.6 Å². The number of halogens is 1. The van der Waals surface area contributed by atoms with Crippen molar-refractivity contribution in [2.45, 2.75) is 62.9 Å². The molecular weight excluding hydrogens is 571 g/mol. The van der Waals surface area contributed by atoms with Crippen molar-refractivity contribution < 1.29 is 18.7 Å². The summed E-state index contributed by atoms with van der Waals surface area (Å²) in [6.07, 6.45) is 9.33. The minimum Gasteiger partial charge on any atom is -0.461 e. The van der Waals surface area contributed by atoms with Crippen molar-refractivity contribution in [1.82, 2.24) is 25.2 Å². The number of hydrogen-bond donors (Lipinski definition) is 1. The van der Waals surface area contributed by atoms with Gasteiger partial charge in [-0.2, -0.15) is 9.97 Å². The number of amides is 1. The van der Waals surface area contributed by atoms with Crippen LogP contribution in [0, 0.1) is 5.82 Å². The van der Waals surface area contributed by atoms with Crippen LogP contribution in [0.5, 0.6) is 6.01 Å². The highest BCUT2D eigenvalue weighted by atomic mass is 19.1. The molecule has 1 amide bonds. The largest absolute Gasteiger partial charge is 0.461 e. The molecule has 0 spiro atoms. The van der Waals surface area contributed by atoms with Gasteiger partial charge >= 0.3 is 6.01 Å². The van der Waals surface area contributed by atoms with Gasteiger partial charge in [0.15, 0.2) is 5.82 Å². The average molecular weight is 613 g/mol. The van der Waals surface area contributed by atoms with Crippen LogP contribution < -0.4 is 15.0 Å². The maximum Gasteiger partial charge on any atom is 0.319 e.